The summed E-state index contributed by atoms with van der Waals surface area (Å²) in [5.74, 6) is 0. The molecule has 1 heterocycles. The van der Waals surface area contributed by atoms with Gasteiger partial charge in [0, 0.05) is 18.6 Å². The van der Waals surface area contributed by atoms with Crippen LogP contribution in [0.4, 0.5) is 13.2 Å². The van der Waals surface area contributed by atoms with Gasteiger partial charge in [-0.25, -0.2) is 0 Å². The van der Waals surface area contributed by atoms with Crippen LogP contribution in [-0.4, -0.2) is 53.0 Å². The standard InChI is InChI=1S/C13H24BF3N2O2/c15-13(16,17)12-18-10-6-2-3-7-11(10)19(12)9-5-1-4-8-14(20)21/h10-12,18,20-21H,1-9H2. The van der Waals surface area contributed by atoms with Gasteiger partial charge in [-0.2, -0.15) is 13.2 Å². The van der Waals surface area contributed by atoms with Crippen LogP contribution in [0.15, 0.2) is 0 Å². The van der Waals surface area contributed by atoms with Gasteiger partial charge >= 0.3 is 13.3 Å². The first-order valence-corrected chi connectivity index (χ1v) is 7.84. The molecule has 122 valence electrons. The summed E-state index contributed by atoms with van der Waals surface area (Å²) in [5, 5.41) is 20.3. The summed E-state index contributed by atoms with van der Waals surface area (Å²) in [6.07, 6.45) is 0.190. The molecule has 2 rings (SSSR count). The van der Waals surface area contributed by atoms with E-state index in [0.29, 0.717) is 19.4 Å². The van der Waals surface area contributed by atoms with E-state index in [1.807, 2.05) is 0 Å². The monoisotopic (exact) mass is 308 g/mol. The van der Waals surface area contributed by atoms with E-state index in [2.05, 4.69) is 5.32 Å². The quantitative estimate of drug-likeness (QED) is 0.517. The molecule has 8 heteroatoms. The maximum atomic E-state index is 13.2. The lowest BCUT2D eigenvalue weighted by atomic mass is 9.83. The summed E-state index contributed by atoms with van der Waals surface area (Å²) in [7, 11) is -1.32. The van der Waals surface area contributed by atoms with E-state index in [4.69, 9.17) is 10.0 Å². The molecule has 0 aromatic rings. The first-order chi connectivity index (χ1) is 9.89. The normalized spacial score (nSPS) is 30.4. The van der Waals surface area contributed by atoms with Gasteiger partial charge in [0.15, 0.2) is 6.17 Å². The average Bonchev–Trinajstić information content (AvgIpc) is 2.77. The van der Waals surface area contributed by atoms with Crippen LogP contribution >= 0.6 is 0 Å². The van der Waals surface area contributed by atoms with E-state index in [1.165, 1.54) is 0 Å². The minimum absolute atomic E-state index is 0.00573. The molecule has 0 spiro atoms. The van der Waals surface area contributed by atoms with Crippen molar-refractivity contribution in [2.24, 2.45) is 0 Å². The summed E-state index contributed by atoms with van der Waals surface area (Å²) < 4.78 is 39.5. The van der Waals surface area contributed by atoms with Gasteiger partial charge in [-0.1, -0.05) is 25.7 Å². The Morgan fingerprint density at radius 2 is 1.81 bits per heavy atom. The third-order valence-corrected chi connectivity index (χ3v) is 4.55. The molecule has 0 amide bonds. The van der Waals surface area contributed by atoms with E-state index in [0.717, 1.165) is 32.1 Å². The molecule has 0 aromatic carbocycles. The Morgan fingerprint density at radius 1 is 1.10 bits per heavy atom. The minimum atomic E-state index is -4.24. The number of hydrogen-bond donors (Lipinski definition) is 3. The number of rotatable bonds is 6. The topological polar surface area (TPSA) is 55.7 Å². The lowest BCUT2D eigenvalue weighted by Gasteiger charge is -2.33. The Hall–Kier alpha value is -0.305. The van der Waals surface area contributed by atoms with Crippen LogP contribution in [-0.2, 0) is 0 Å². The molecular weight excluding hydrogens is 284 g/mol. The Kier molecular flexibility index (Phi) is 5.93. The molecule has 1 saturated heterocycles. The predicted molar refractivity (Wildman–Crippen MR) is 74.6 cm³/mol. The van der Waals surface area contributed by atoms with Crippen LogP contribution in [0, 0.1) is 0 Å². The van der Waals surface area contributed by atoms with Crippen molar-refractivity contribution in [3.05, 3.63) is 0 Å². The molecule has 21 heavy (non-hydrogen) atoms. The molecule has 3 unspecified atom stereocenters. The highest BCUT2D eigenvalue weighted by Gasteiger charge is 2.53. The average molecular weight is 308 g/mol. The second-order valence-electron chi connectivity index (χ2n) is 6.14. The van der Waals surface area contributed by atoms with Gasteiger partial charge in [-0.05, 0) is 25.6 Å². The van der Waals surface area contributed by atoms with Gasteiger partial charge in [-0.15, -0.1) is 0 Å². The summed E-state index contributed by atoms with van der Waals surface area (Å²) in [5.41, 5.74) is 0. The smallest absolute Gasteiger partial charge is 0.427 e. The lowest BCUT2D eigenvalue weighted by Crippen LogP contribution is -2.49. The van der Waals surface area contributed by atoms with Crippen LogP contribution in [0.2, 0.25) is 6.32 Å². The van der Waals surface area contributed by atoms with Crippen molar-refractivity contribution in [3.8, 4) is 0 Å². The summed E-state index contributed by atoms with van der Waals surface area (Å²) in [4.78, 5) is 1.58. The number of unbranched alkanes of at least 4 members (excludes halogenated alkanes) is 2. The summed E-state index contributed by atoms with van der Waals surface area (Å²) in [6.45, 7) is 0.417. The fraction of sp³-hybridized carbons (Fsp3) is 1.00. The summed E-state index contributed by atoms with van der Waals surface area (Å²) >= 11 is 0. The SMILES string of the molecule is OB(O)CCCCCN1C2CCCCC2NC1C(F)(F)F. The molecule has 0 radical (unpaired) electrons. The number of alkyl halides is 3. The van der Waals surface area contributed by atoms with E-state index in [1.54, 1.807) is 4.90 Å². The molecule has 1 saturated carbocycles. The Balaban J connectivity index is 1.86. The minimum Gasteiger partial charge on any atom is -0.427 e. The maximum absolute atomic E-state index is 13.2. The van der Waals surface area contributed by atoms with E-state index in [9.17, 15) is 13.2 Å². The number of nitrogens with one attached hydrogen (secondary N) is 1. The highest BCUT2D eigenvalue weighted by atomic mass is 19.4. The van der Waals surface area contributed by atoms with Crippen LogP contribution in [0.25, 0.3) is 0 Å². The van der Waals surface area contributed by atoms with Crippen LogP contribution in [0.3, 0.4) is 0 Å². The Labute approximate surface area is 123 Å². The second-order valence-corrected chi connectivity index (χ2v) is 6.14. The fourth-order valence-corrected chi connectivity index (χ4v) is 3.57. The molecule has 3 atom stereocenters. The van der Waals surface area contributed by atoms with E-state index in [-0.39, 0.29) is 18.4 Å². The third-order valence-electron chi connectivity index (χ3n) is 4.55. The zero-order valence-electron chi connectivity index (χ0n) is 12.1. The molecule has 0 aromatic heterocycles. The highest BCUT2D eigenvalue weighted by Crippen LogP contribution is 2.36. The predicted octanol–water partition coefficient (Wildman–Crippen LogP) is 1.73. The number of nitrogens with zero attached hydrogens (tertiary/aromatic N) is 1. The second kappa shape index (κ2) is 7.31. The Bertz CT molecular complexity index is 331. The van der Waals surface area contributed by atoms with Gasteiger partial charge in [0.1, 0.15) is 0 Å². The number of halogens is 3. The fourth-order valence-electron chi connectivity index (χ4n) is 3.57. The molecule has 0 bridgehead atoms. The van der Waals surface area contributed by atoms with Crippen molar-refractivity contribution in [1.29, 1.82) is 0 Å². The maximum Gasteiger partial charge on any atom is 0.451 e. The van der Waals surface area contributed by atoms with Crippen molar-refractivity contribution in [1.82, 2.24) is 10.2 Å². The van der Waals surface area contributed by atoms with Gasteiger partial charge in [0.05, 0.1) is 0 Å². The molecule has 4 nitrogen and oxygen atoms in total. The van der Waals surface area contributed by atoms with Crippen molar-refractivity contribution >= 4 is 7.12 Å². The molecule has 2 fully saturated rings. The first-order valence-electron chi connectivity index (χ1n) is 7.84. The van der Waals surface area contributed by atoms with Gasteiger partial charge in [0.2, 0.25) is 0 Å². The van der Waals surface area contributed by atoms with Gasteiger partial charge in [0.25, 0.3) is 0 Å². The van der Waals surface area contributed by atoms with E-state index >= 15 is 0 Å². The molecule has 1 aliphatic carbocycles. The van der Waals surface area contributed by atoms with Gasteiger partial charge in [-0.3, -0.25) is 10.2 Å². The zero-order valence-corrected chi connectivity index (χ0v) is 12.1. The molecule has 2 aliphatic rings. The van der Waals surface area contributed by atoms with Crippen molar-refractivity contribution < 1.29 is 23.2 Å². The van der Waals surface area contributed by atoms with Gasteiger partial charge < -0.3 is 10.0 Å². The largest absolute Gasteiger partial charge is 0.451 e. The molecular formula is C13H24BF3N2O2. The van der Waals surface area contributed by atoms with Crippen LogP contribution in [0.1, 0.15) is 44.9 Å². The summed E-state index contributed by atoms with van der Waals surface area (Å²) in [6, 6.07) is -0.0431. The molecule has 1 aliphatic heterocycles. The van der Waals surface area contributed by atoms with E-state index < -0.39 is 19.5 Å². The Morgan fingerprint density at radius 3 is 2.48 bits per heavy atom. The number of fused-ring (bicyclic) bond motifs is 1. The van der Waals surface area contributed by atoms with Crippen LogP contribution in [0.5, 0.6) is 0 Å². The zero-order chi connectivity index (χ0) is 15.5. The van der Waals surface area contributed by atoms with Crippen molar-refractivity contribution in [2.75, 3.05) is 6.54 Å². The highest BCUT2D eigenvalue weighted by molar-refractivity contribution is 6.40. The van der Waals surface area contributed by atoms with Crippen molar-refractivity contribution in [2.45, 2.75) is 75.7 Å². The van der Waals surface area contributed by atoms with Crippen molar-refractivity contribution in [3.63, 3.8) is 0 Å². The third kappa shape index (κ3) is 4.58. The van der Waals surface area contributed by atoms with Crippen LogP contribution < -0.4 is 5.32 Å². The first kappa shape index (κ1) is 17.1. The lowest BCUT2D eigenvalue weighted by molar-refractivity contribution is -0.185. The number of hydrogen-bond acceptors (Lipinski definition) is 4. The molecule has 3 N–H and O–H groups in total.